The van der Waals surface area contributed by atoms with Crippen molar-refractivity contribution in [2.24, 2.45) is 0 Å². The number of H-pyrrole nitrogens is 2. The molecule has 0 saturated heterocycles. The van der Waals surface area contributed by atoms with E-state index in [2.05, 4.69) is 15.2 Å². The van der Waals surface area contributed by atoms with E-state index in [1.54, 1.807) is 30.1 Å². The molecule has 1 aromatic heterocycles. The Kier molecular flexibility index (Phi) is 10.4. The standard InChI is InChI=1S/C21H20F6N4O2.C2H2O4/c1-31(10-18-28-19(32)30-29-18)17(14-5-3-2-4-6-14)12-33-11-13-7-15(20(22,23)24)9-16(8-13)21(25,26)27;3-1(4)2(5)6/h2-9,17H,10-12H2,1H3,(H2,28,29,30,32);(H,3,4)(H,5,6). The van der Waals surface area contributed by atoms with Crippen molar-refractivity contribution in [1.82, 2.24) is 20.1 Å². The molecule has 212 valence electrons. The first kappa shape index (κ1) is 31.0. The highest BCUT2D eigenvalue weighted by molar-refractivity contribution is 6.27. The van der Waals surface area contributed by atoms with Crippen LogP contribution < -0.4 is 5.69 Å². The van der Waals surface area contributed by atoms with Crippen molar-refractivity contribution in [3.8, 4) is 0 Å². The van der Waals surface area contributed by atoms with E-state index in [9.17, 15) is 31.1 Å². The Morgan fingerprint density at radius 1 is 0.974 bits per heavy atom. The number of carbonyl (C=O) groups is 2. The molecule has 0 amide bonds. The van der Waals surface area contributed by atoms with Gasteiger partial charge < -0.3 is 14.9 Å². The number of nitrogens with one attached hydrogen (secondary N) is 2. The number of hydrogen-bond acceptors (Lipinski definition) is 6. The van der Waals surface area contributed by atoms with Crippen LogP contribution in [0, 0.1) is 0 Å². The van der Waals surface area contributed by atoms with Gasteiger partial charge in [-0.25, -0.2) is 19.5 Å². The van der Waals surface area contributed by atoms with Crippen molar-refractivity contribution in [2.45, 2.75) is 31.5 Å². The van der Waals surface area contributed by atoms with Crippen LogP contribution in [0.5, 0.6) is 0 Å². The topological polar surface area (TPSA) is 149 Å². The van der Waals surface area contributed by atoms with Crippen molar-refractivity contribution in [3.63, 3.8) is 0 Å². The van der Waals surface area contributed by atoms with E-state index in [1.165, 1.54) is 0 Å². The summed E-state index contributed by atoms with van der Waals surface area (Å²) in [5.41, 5.74) is -2.71. The number of benzene rings is 2. The summed E-state index contributed by atoms with van der Waals surface area (Å²) >= 11 is 0. The van der Waals surface area contributed by atoms with Crippen LogP contribution in [-0.4, -0.2) is 55.9 Å². The number of likely N-dealkylation sites (N-methyl/N-ethyl adjacent to an activating group) is 1. The van der Waals surface area contributed by atoms with Crippen molar-refractivity contribution in [2.75, 3.05) is 13.7 Å². The van der Waals surface area contributed by atoms with Gasteiger partial charge in [0.15, 0.2) is 0 Å². The van der Waals surface area contributed by atoms with Crippen molar-refractivity contribution >= 4 is 11.9 Å². The predicted molar refractivity (Wildman–Crippen MR) is 121 cm³/mol. The summed E-state index contributed by atoms with van der Waals surface area (Å²) in [5.74, 6) is -3.29. The Hall–Kier alpha value is -4.18. The van der Waals surface area contributed by atoms with E-state index >= 15 is 0 Å². The van der Waals surface area contributed by atoms with Crippen molar-refractivity contribution in [1.29, 1.82) is 0 Å². The van der Waals surface area contributed by atoms with Gasteiger partial charge in [0.2, 0.25) is 0 Å². The van der Waals surface area contributed by atoms with E-state index in [1.807, 2.05) is 12.1 Å². The normalized spacial score (nSPS) is 12.5. The highest BCUT2D eigenvalue weighted by atomic mass is 19.4. The number of aliphatic carboxylic acids is 2. The lowest BCUT2D eigenvalue weighted by Crippen LogP contribution is -2.28. The van der Waals surface area contributed by atoms with Crippen LogP contribution >= 0.6 is 0 Å². The molecule has 0 aliphatic heterocycles. The fraction of sp³-hybridized carbons (Fsp3) is 0.304. The average Bonchev–Trinajstić information content (AvgIpc) is 3.25. The van der Waals surface area contributed by atoms with Crippen LogP contribution in [0.3, 0.4) is 0 Å². The first-order chi connectivity index (χ1) is 18.1. The molecule has 1 atom stereocenters. The number of hydrogen-bond donors (Lipinski definition) is 4. The number of alkyl halides is 6. The lowest BCUT2D eigenvalue weighted by Gasteiger charge is -2.27. The van der Waals surface area contributed by atoms with Gasteiger partial charge in [-0.3, -0.25) is 9.88 Å². The molecule has 10 nitrogen and oxygen atoms in total. The molecule has 0 saturated carbocycles. The van der Waals surface area contributed by atoms with Crippen LogP contribution in [0.2, 0.25) is 0 Å². The zero-order chi connectivity index (χ0) is 29.4. The SMILES string of the molecule is CN(Cc1n[nH]c(=O)[nH]1)C(COCc1cc(C(F)(F)F)cc(C(F)(F)F)c1)c1ccccc1.O=C(O)C(=O)O. The molecule has 3 rings (SSSR count). The fourth-order valence-corrected chi connectivity index (χ4v) is 3.27. The number of carboxylic acids is 2. The molecule has 0 radical (unpaired) electrons. The Bertz CT molecular complexity index is 1260. The van der Waals surface area contributed by atoms with E-state index in [0.29, 0.717) is 18.0 Å². The van der Waals surface area contributed by atoms with Gasteiger partial charge >= 0.3 is 30.0 Å². The minimum absolute atomic E-state index is 0.0350. The molecule has 1 unspecified atom stereocenters. The fourth-order valence-electron chi connectivity index (χ4n) is 3.27. The van der Waals surface area contributed by atoms with Gasteiger partial charge in [0.1, 0.15) is 5.82 Å². The summed E-state index contributed by atoms with van der Waals surface area (Å²) in [7, 11) is 1.72. The zero-order valence-electron chi connectivity index (χ0n) is 20.0. The molecule has 4 N–H and O–H groups in total. The molecular weight excluding hydrogens is 542 g/mol. The number of halogens is 6. The molecule has 3 aromatic rings. The Morgan fingerprint density at radius 2 is 1.51 bits per heavy atom. The first-order valence-electron chi connectivity index (χ1n) is 10.8. The molecular formula is C23H22F6N4O6. The molecule has 0 aliphatic rings. The lowest BCUT2D eigenvalue weighted by molar-refractivity contribution is -0.159. The lowest BCUT2D eigenvalue weighted by atomic mass is 10.0. The maximum atomic E-state index is 13.1. The maximum Gasteiger partial charge on any atom is 0.416 e. The smallest absolute Gasteiger partial charge is 0.416 e. The number of aromatic amines is 2. The van der Waals surface area contributed by atoms with Gasteiger partial charge in [-0.05, 0) is 36.4 Å². The molecule has 0 aliphatic carbocycles. The molecule has 0 fully saturated rings. The van der Waals surface area contributed by atoms with Gasteiger partial charge in [-0.2, -0.15) is 31.4 Å². The Morgan fingerprint density at radius 3 is 1.95 bits per heavy atom. The van der Waals surface area contributed by atoms with Crippen LogP contribution in [0.1, 0.15) is 34.1 Å². The minimum atomic E-state index is -4.93. The molecule has 16 heteroatoms. The van der Waals surface area contributed by atoms with E-state index in [4.69, 9.17) is 24.5 Å². The van der Waals surface area contributed by atoms with Gasteiger partial charge in [0, 0.05) is 0 Å². The third kappa shape index (κ3) is 9.90. The summed E-state index contributed by atoms with van der Waals surface area (Å²) in [5, 5.41) is 20.9. The molecule has 1 heterocycles. The second kappa shape index (κ2) is 13.1. The summed E-state index contributed by atoms with van der Waals surface area (Å²) in [6.45, 7) is -0.278. The highest BCUT2D eigenvalue weighted by Gasteiger charge is 2.37. The number of nitrogens with zero attached hydrogens (tertiary/aromatic N) is 2. The highest BCUT2D eigenvalue weighted by Crippen LogP contribution is 2.36. The number of rotatable bonds is 8. The third-order valence-electron chi connectivity index (χ3n) is 5.04. The molecule has 0 spiro atoms. The van der Waals surface area contributed by atoms with Crippen LogP contribution in [0.25, 0.3) is 0 Å². The zero-order valence-corrected chi connectivity index (χ0v) is 20.0. The van der Waals surface area contributed by atoms with E-state index < -0.39 is 53.8 Å². The predicted octanol–water partition coefficient (Wildman–Crippen LogP) is 3.68. The van der Waals surface area contributed by atoms with Crippen LogP contribution in [0.4, 0.5) is 26.3 Å². The number of ether oxygens (including phenoxy) is 1. The van der Waals surface area contributed by atoms with E-state index in [0.717, 1.165) is 5.56 Å². The summed E-state index contributed by atoms with van der Waals surface area (Å²) in [6.07, 6.45) is -9.85. The summed E-state index contributed by atoms with van der Waals surface area (Å²) < 4.78 is 84.0. The number of aromatic nitrogens is 3. The van der Waals surface area contributed by atoms with Crippen molar-refractivity contribution < 1.29 is 50.9 Å². The molecule has 0 bridgehead atoms. The monoisotopic (exact) mass is 564 g/mol. The largest absolute Gasteiger partial charge is 0.473 e. The second-order valence-corrected chi connectivity index (χ2v) is 8.01. The van der Waals surface area contributed by atoms with Gasteiger partial charge in [-0.15, -0.1) is 0 Å². The summed E-state index contributed by atoms with van der Waals surface area (Å²) in [4.78, 5) is 33.8. The van der Waals surface area contributed by atoms with E-state index in [-0.39, 0.29) is 24.8 Å². The summed E-state index contributed by atoms with van der Waals surface area (Å²) in [6, 6.07) is 9.94. The average molecular weight is 564 g/mol. The Balaban J connectivity index is 0.000000798. The van der Waals surface area contributed by atoms with Gasteiger partial charge in [0.05, 0.1) is 36.9 Å². The quantitative estimate of drug-likeness (QED) is 0.239. The minimum Gasteiger partial charge on any atom is -0.473 e. The first-order valence-corrected chi connectivity index (χ1v) is 10.8. The van der Waals surface area contributed by atoms with Gasteiger partial charge in [-0.1, -0.05) is 30.3 Å². The second-order valence-electron chi connectivity index (χ2n) is 8.01. The molecule has 39 heavy (non-hydrogen) atoms. The third-order valence-corrected chi connectivity index (χ3v) is 5.04. The Labute approximate surface area is 215 Å². The number of carboxylic acid groups (broad SMARTS) is 2. The maximum absolute atomic E-state index is 13.1. The van der Waals surface area contributed by atoms with Gasteiger partial charge in [0.25, 0.3) is 0 Å². The van der Waals surface area contributed by atoms with Crippen molar-refractivity contribution in [3.05, 3.63) is 87.1 Å². The van der Waals surface area contributed by atoms with Crippen LogP contribution in [-0.2, 0) is 39.8 Å². The molecule has 2 aromatic carbocycles. The van der Waals surface area contributed by atoms with Crippen LogP contribution in [0.15, 0.2) is 53.3 Å².